The molecule has 1 aliphatic rings. The van der Waals surface area contributed by atoms with Crippen molar-refractivity contribution in [2.45, 2.75) is 12.5 Å². The van der Waals surface area contributed by atoms with E-state index >= 15 is 0 Å². The molecule has 156 valence electrons. The quantitative estimate of drug-likeness (QED) is 0.645. The van der Waals surface area contributed by atoms with Crippen LogP contribution in [0.4, 0.5) is 18.9 Å². The summed E-state index contributed by atoms with van der Waals surface area (Å²) in [5.41, 5.74) is 0.156. The molecule has 1 N–H and O–H groups in total. The first-order chi connectivity index (χ1) is 13.6. The standard InChI is InChI=1S/C17H15BrClF3N4O3/c1-25-6-7(10-13(18)24-26(2)14(10)19)11(16(25)28)15(27)23-9-5-3-4-8(20)12(9)29-17(21)22/h3-5,7,11,17H,6H2,1-2H3,(H,23,27)/t7-,11+/m1/s1. The zero-order valence-corrected chi connectivity index (χ0v) is 17.5. The first kappa shape index (κ1) is 21.4. The van der Waals surface area contributed by atoms with Crippen LogP contribution in [0.1, 0.15) is 11.5 Å². The number of carbonyl (C=O) groups is 2. The Hall–Kier alpha value is -2.27. The van der Waals surface area contributed by atoms with Crippen LogP contribution in [-0.4, -0.2) is 46.7 Å². The lowest BCUT2D eigenvalue weighted by Crippen LogP contribution is -2.33. The molecule has 1 aromatic carbocycles. The van der Waals surface area contributed by atoms with Gasteiger partial charge in [-0.2, -0.15) is 13.9 Å². The summed E-state index contributed by atoms with van der Waals surface area (Å²) in [5.74, 6) is -5.07. The number of nitrogens with zero attached hydrogens (tertiary/aromatic N) is 3. The van der Waals surface area contributed by atoms with Crippen molar-refractivity contribution in [3.05, 3.63) is 39.3 Å². The van der Waals surface area contributed by atoms with E-state index in [0.717, 1.165) is 6.07 Å². The first-order valence-electron chi connectivity index (χ1n) is 8.28. The number of alkyl halides is 2. The average Bonchev–Trinajstić information content (AvgIpc) is 3.05. The zero-order valence-electron chi connectivity index (χ0n) is 15.1. The summed E-state index contributed by atoms with van der Waals surface area (Å²) in [7, 11) is 3.13. The van der Waals surface area contributed by atoms with Crippen molar-refractivity contribution in [3.8, 4) is 5.75 Å². The molecule has 1 fully saturated rings. The number of aromatic nitrogens is 2. The minimum atomic E-state index is -3.29. The van der Waals surface area contributed by atoms with Crippen LogP contribution in [0.15, 0.2) is 22.8 Å². The van der Waals surface area contributed by atoms with Gasteiger partial charge in [0.25, 0.3) is 0 Å². The number of hydrogen-bond acceptors (Lipinski definition) is 4. The van der Waals surface area contributed by atoms with E-state index < -0.39 is 41.8 Å². The van der Waals surface area contributed by atoms with E-state index in [1.165, 1.54) is 28.8 Å². The highest BCUT2D eigenvalue weighted by Crippen LogP contribution is 2.41. The molecule has 2 heterocycles. The van der Waals surface area contributed by atoms with Crippen LogP contribution in [0.25, 0.3) is 0 Å². The molecule has 0 unspecified atom stereocenters. The predicted octanol–water partition coefficient (Wildman–Crippen LogP) is 3.39. The topological polar surface area (TPSA) is 76.5 Å². The molecule has 0 saturated carbocycles. The minimum Gasteiger partial charge on any atom is -0.429 e. The second kappa shape index (κ2) is 8.23. The van der Waals surface area contributed by atoms with Gasteiger partial charge in [0.15, 0.2) is 11.6 Å². The number of amides is 2. The highest BCUT2D eigenvalue weighted by molar-refractivity contribution is 9.10. The molecule has 1 aromatic heterocycles. The zero-order chi connectivity index (χ0) is 21.5. The van der Waals surface area contributed by atoms with Crippen molar-refractivity contribution in [1.29, 1.82) is 0 Å². The van der Waals surface area contributed by atoms with E-state index in [1.54, 1.807) is 7.05 Å². The van der Waals surface area contributed by atoms with Crippen molar-refractivity contribution in [2.75, 3.05) is 18.9 Å². The van der Waals surface area contributed by atoms with E-state index in [2.05, 4.69) is 31.1 Å². The summed E-state index contributed by atoms with van der Waals surface area (Å²) in [6.07, 6.45) is 0. The molecule has 0 spiro atoms. The van der Waals surface area contributed by atoms with Crippen molar-refractivity contribution in [3.63, 3.8) is 0 Å². The van der Waals surface area contributed by atoms with Gasteiger partial charge in [0.1, 0.15) is 15.7 Å². The Kier molecular flexibility index (Phi) is 6.08. The summed E-state index contributed by atoms with van der Waals surface area (Å²) in [5, 5.41) is 6.70. The third kappa shape index (κ3) is 4.06. The Balaban J connectivity index is 1.95. The maximum atomic E-state index is 13.9. The van der Waals surface area contributed by atoms with Crippen LogP contribution < -0.4 is 10.1 Å². The van der Waals surface area contributed by atoms with Crippen LogP contribution >= 0.6 is 27.5 Å². The third-order valence-corrected chi connectivity index (χ3v) is 5.60. The molecule has 2 amide bonds. The van der Waals surface area contributed by atoms with Gasteiger partial charge in [-0.1, -0.05) is 17.7 Å². The summed E-state index contributed by atoms with van der Waals surface area (Å²) >= 11 is 9.56. The monoisotopic (exact) mass is 494 g/mol. The average molecular weight is 496 g/mol. The second-order valence-corrected chi connectivity index (χ2v) is 7.52. The molecule has 29 heavy (non-hydrogen) atoms. The van der Waals surface area contributed by atoms with Crippen molar-refractivity contribution < 1.29 is 27.5 Å². The number of rotatable bonds is 5. The van der Waals surface area contributed by atoms with Gasteiger partial charge in [0.05, 0.1) is 5.69 Å². The van der Waals surface area contributed by atoms with E-state index in [0.29, 0.717) is 10.2 Å². The Morgan fingerprint density at radius 1 is 1.41 bits per heavy atom. The molecule has 2 aromatic rings. The highest BCUT2D eigenvalue weighted by Gasteiger charge is 2.46. The smallest absolute Gasteiger partial charge is 0.387 e. The number of nitrogens with one attached hydrogen (secondary N) is 1. The molecule has 2 atom stereocenters. The lowest BCUT2D eigenvalue weighted by molar-refractivity contribution is -0.135. The fourth-order valence-electron chi connectivity index (χ4n) is 3.27. The Morgan fingerprint density at radius 2 is 2.10 bits per heavy atom. The summed E-state index contributed by atoms with van der Waals surface area (Å²) < 4.78 is 45.1. The molecule has 1 aliphatic heterocycles. The highest BCUT2D eigenvalue weighted by atomic mass is 79.9. The number of aryl methyl sites for hydroxylation is 1. The lowest BCUT2D eigenvalue weighted by atomic mass is 9.89. The first-order valence-corrected chi connectivity index (χ1v) is 9.46. The molecule has 0 aliphatic carbocycles. The molecule has 7 nitrogen and oxygen atoms in total. The molecule has 1 saturated heterocycles. The number of likely N-dealkylation sites (N-methyl/N-ethyl adjacent to an activating group) is 1. The molecular formula is C17H15BrClF3N4O3. The summed E-state index contributed by atoms with van der Waals surface area (Å²) in [6.45, 7) is -3.11. The summed E-state index contributed by atoms with van der Waals surface area (Å²) in [6, 6.07) is 3.33. The predicted molar refractivity (Wildman–Crippen MR) is 101 cm³/mol. The van der Waals surface area contributed by atoms with Gasteiger partial charge in [-0.25, -0.2) is 4.39 Å². The third-order valence-electron chi connectivity index (χ3n) is 4.57. The second-order valence-electron chi connectivity index (χ2n) is 6.41. The fourth-order valence-corrected chi connectivity index (χ4v) is 4.38. The lowest BCUT2D eigenvalue weighted by Gasteiger charge is -2.18. The van der Waals surface area contributed by atoms with Crippen molar-refractivity contribution in [2.24, 2.45) is 13.0 Å². The number of benzene rings is 1. The van der Waals surface area contributed by atoms with Gasteiger partial charge in [-0.05, 0) is 28.1 Å². The number of carbonyl (C=O) groups excluding carboxylic acids is 2. The Morgan fingerprint density at radius 3 is 2.69 bits per heavy atom. The summed E-state index contributed by atoms with van der Waals surface area (Å²) in [4.78, 5) is 26.9. The molecular weight excluding hydrogens is 481 g/mol. The van der Waals surface area contributed by atoms with Gasteiger partial charge >= 0.3 is 6.61 Å². The number of para-hydroxylation sites is 1. The SMILES string of the molecule is CN1C[C@H](c2c(Br)nn(C)c2Cl)[C@@H](C(=O)Nc2cccc(F)c2OC(F)F)C1=O. The maximum Gasteiger partial charge on any atom is 0.387 e. The van der Waals surface area contributed by atoms with E-state index in [9.17, 15) is 22.8 Å². The van der Waals surface area contributed by atoms with E-state index in [4.69, 9.17) is 11.6 Å². The molecule has 0 radical (unpaired) electrons. The number of hydrogen-bond donors (Lipinski definition) is 1. The minimum absolute atomic E-state index is 0.185. The fraction of sp³-hybridized carbons (Fsp3) is 0.353. The van der Waals surface area contributed by atoms with Gasteiger partial charge < -0.3 is 15.0 Å². The van der Waals surface area contributed by atoms with Gasteiger partial charge in [-0.3, -0.25) is 14.3 Å². The van der Waals surface area contributed by atoms with E-state index in [-0.39, 0.29) is 17.4 Å². The maximum absolute atomic E-state index is 13.9. The van der Waals surface area contributed by atoms with Gasteiger partial charge in [0, 0.05) is 32.1 Å². The number of ether oxygens (including phenoxy) is 1. The Labute approximate surface area is 176 Å². The van der Waals surface area contributed by atoms with Crippen LogP contribution in [0.2, 0.25) is 5.15 Å². The molecule has 3 rings (SSSR count). The van der Waals surface area contributed by atoms with Crippen LogP contribution in [0.5, 0.6) is 5.75 Å². The number of anilines is 1. The Bertz CT molecular complexity index is 972. The molecule has 0 bridgehead atoms. The number of likely N-dealkylation sites (tertiary alicyclic amines) is 1. The van der Waals surface area contributed by atoms with Crippen LogP contribution in [-0.2, 0) is 16.6 Å². The van der Waals surface area contributed by atoms with Crippen molar-refractivity contribution >= 4 is 45.0 Å². The van der Waals surface area contributed by atoms with Crippen LogP contribution in [0, 0.1) is 11.7 Å². The largest absolute Gasteiger partial charge is 0.429 e. The van der Waals surface area contributed by atoms with Crippen LogP contribution in [0.3, 0.4) is 0 Å². The van der Waals surface area contributed by atoms with E-state index in [1.807, 2.05) is 0 Å². The van der Waals surface area contributed by atoms with Gasteiger partial charge in [-0.15, -0.1) is 0 Å². The van der Waals surface area contributed by atoms with Crippen molar-refractivity contribution in [1.82, 2.24) is 14.7 Å². The normalized spacial score (nSPS) is 19.2. The molecule has 12 heteroatoms. The number of halogens is 5. The van der Waals surface area contributed by atoms with Gasteiger partial charge in [0.2, 0.25) is 11.8 Å².